The third-order valence-corrected chi connectivity index (χ3v) is 6.60. The van der Waals surface area contributed by atoms with Crippen molar-refractivity contribution in [1.82, 2.24) is 35.0 Å². The summed E-state index contributed by atoms with van der Waals surface area (Å²) in [6.45, 7) is 7.59. The van der Waals surface area contributed by atoms with Gasteiger partial charge in [0.1, 0.15) is 0 Å². The van der Waals surface area contributed by atoms with Gasteiger partial charge in [-0.2, -0.15) is 0 Å². The molecule has 2 aliphatic rings. The molecule has 30 heavy (non-hydrogen) atoms. The number of rotatable bonds is 5. The number of likely N-dealkylation sites (N-methyl/N-ethyl adjacent to an activating group) is 1. The van der Waals surface area contributed by atoms with Gasteiger partial charge in [-0.15, -0.1) is 17.5 Å². The summed E-state index contributed by atoms with van der Waals surface area (Å²) >= 11 is 0. The van der Waals surface area contributed by atoms with Crippen LogP contribution in [0.25, 0.3) is 10.9 Å². The molecule has 1 aliphatic heterocycles. The van der Waals surface area contributed by atoms with Gasteiger partial charge in [0.2, 0.25) is 0 Å². The van der Waals surface area contributed by atoms with Crippen LogP contribution in [-0.4, -0.2) is 67.7 Å². The van der Waals surface area contributed by atoms with Crippen LogP contribution in [0.1, 0.15) is 56.1 Å². The second-order valence-corrected chi connectivity index (χ2v) is 8.25. The first-order chi connectivity index (χ1) is 14.3. The summed E-state index contributed by atoms with van der Waals surface area (Å²) in [7, 11) is 0. The van der Waals surface area contributed by atoms with Gasteiger partial charge in [-0.25, -0.2) is 4.68 Å². The standard InChI is InChI=1S/C22H29N7.ClH/c1-2-27-12-14-28(15-13-27)21(18-9-10-20-17(16-18)6-5-11-23-20)22-24-25-26-29(22)19-7-3-4-8-19;/h5-6,9-11,16,19,21H,2-4,7-8,12-15H2,1H3;1H. The summed E-state index contributed by atoms with van der Waals surface area (Å²) in [6, 6.07) is 11.3. The van der Waals surface area contributed by atoms with Gasteiger partial charge in [0, 0.05) is 37.8 Å². The molecule has 3 heterocycles. The van der Waals surface area contributed by atoms with Crippen molar-refractivity contribution in [3.8, 4) is 0 Å². The van der Waals surface area contributed by atoms with Crippen LogP contribution in [0.2, 0.25) is 0 Å². The molecule has 1 unspecified atom stereocenters. The van der Waals surface area contributed by atoms with Gasteiger partial charge in [-0.1, -0.05) is 31.9 Å². The van der Waals surface area contributed by atoms with Crippen LogP contribution >= 0.6 is 12.4 Å². The lowest BCUT2D eigenvalue weighted by molar-refractivity contribution is 0.107. The summed E-state index contributed by atoms with van der Waals surface area (Å²) in [6.07, 6.45) is 6.74. The molecule has 1 atom stereocenters. The molecule has 0 bridgehead atoms. The second kappa shape index (κ2) is 9.37. The summed E-state index contributed by atoms with van der Waals surface area (Å²) in [5.74, 6) is 0.991. The van der Waals surface area contributed by atoms with Crippen molar-refractivity contribution in [2.45, 2.75) is 44.7 Å². The number of halogens is 1. The minimum Gasteiger partial charge on any atom is -0.301 e. The first kappa shape index (κ1) is 21.2. The van der Waals surface area contributed by atoms with Crippen LogP contribution in [0, 0.1) is 0 Å². The molecule has 160 valence electrons. The van der Waals surface area contributed by atoms with Crippen molar-refractivity contribution in [3.63, 3.8) is 0 Å². The Kier molecular flexibility index (Phi) is 6.61. The highest BCUT2D eigenvalue weighted by molar-refractivity contribution is 5.85. The van der Waals surface area contributed by atoms with E-state index < -0.39 is 0 Å². The smallest absolute Gasteiger partial charge is 0.173 e. The largest absolute Gasteiger partial charge is 0.301 e. The van der Waals surface area contributed by atoms with Crippen LogP contribution < -0.4 is 0 Å². The minimum atomic E-state index is 0. The third-order valence-electron chi connectivity index (χ3n) is 6.60. The monoisotopic (exact) mass is 427 g/mol. The topological polar surface area (TPSA) is 63.0 Å². The van der Waals surface area contributed by atoms with Crippen LogP contribution in [0.15, 0.2) is 36.5 Å². The molecule has 1 saturated heterocycles. The first-order valence-electron chi connectivity index (χ1n) is 10.9. The van der Waals surface area contributed by atoms with Gasteiger partial charge >= 0.3 is 0 Å². The molecule has 2 fully saturated rings. The van der Waals surface area contributed by atoms with Gasteiger partial charge in [0.15, 0.2) is 5.82 Å². The van der Waals surface area contributed by atoms with Crippen molar-refractivity contribution in [2.24, 2.45) is 0 Å². The summed E-state index contributed by atoms with van der Waals surface area (Å²) in [5.41, 5.74) is 2.28. The Balaban J connectivity index is 0.00000218. The van der Waals surface area contributed by atoms with Crippen LogP contribution in [0.5, 0.6) is 0 Å². The molecule has 2 aromatic heterocycles. The molecular formula is C22H30ClN7. The number of nitrogens with zero attached hydrogens (tertiary/aromatic N) is 7. The van der Waals surface area contributed by atoms with E-state index in [1.54, 1.807) is 0 Å². The predicted molar refractivity (Wildman–Crippen MR) is 120 cm³/mol. The highest BCUT2D eigenvalue weighted by atomic mass is 35.5. The van der Waals surface area contributed by atoms with Crippen molar-refractivity contribution in [1.29, 1.82) is 0 Å². The van der Waals surface area contributed by atoms with Crippen molar-refractivity contribution in [2.75, 3.05) is 32.7 Å². The van der Waals surface area contributed by atoms with Crippen LogP contribution in [0.3, 0.4) is 0 Å². The molecule has 3 aromatic rings. The Labute approximate surface area is 183 Å². The maximum Gasteiger partial charge on any atom is 0.173 e. The van der Waals surface area contributed by atoms with Gasteiger partial charge < -0.3 is 4.90 Å². The first-order valence-corrected chi connectivity index (χ1v) is 10.9. The minimum absolute atomic E-state index is 0. The SMILES string of the molecule is CCN1CCN(C(c2ccc3ncccc3c2)c2nnnn2C2CCCC2)CC1.Cl. The molecule has 8 heteroatoms. The maximum atomic E-state index is 4.56. The average Bonchev–Trinajstić information content (AvgIpc) is 3.46. The molecule has 0 N–H and O–H groups in total. The van der Waals surface area contributed by atoms with E-state index in [2.05, 4.69) is 66.2 Å². The zero-order valence-electron chi connectivity index (χ0n) is 17.5. The highest BCUT2D eigenvalue weighted by Crippen LogP contribution is 2.35. The molecule has 0 radical (unpaired) electrons. The number of fused-ring (bicyclic) bond motifs is 1. The van der Waals surface area contributed by atoms with E-state index in [0.717, 1.165) is 44.1 Å². The van der Waals surface area contributed by atoms with Gasteiger partial charge in [0.25, 0.3) is 0 Å². The van der Waals surface area contributed by atoms with Crippen molar-refractivity contribution >= 4 is 23.3 Å². The fraction of sp³-hybridized carbons (Fsp3) is 0.545. The summed E-state index contributed by atoms with van der Waals surface area (Å²) < 4.78 is 2.12. The zero-order valence-corrected chi connectivity index (χ0v) is 18.3. The van der Waals surface area contributed by atoms with Crippen LogP contribution in [0.4, 0.5) is 0 Å². The Bertz CT molecular complexity index is 961. The molecule has 1 saturated carbocycles. The molecule has 1 aliphatic carbocycles. The number of aromatic nitrogens is 5. The molecule has 5 rings (SSSR count). The second-order valence-electron chi connectivity index (χ2n) is 8.25. The van der Waals surface area contributed by atoms with Crippen LogP contribution in [-0.2, 0) is 0 Å². The Morgan fingerprint density at radius 1 is 1.07 bits per heavy atom. The fourth-order valence-electron chi connectivity index (χ4n) is 4.91. The van der Waals surface area contributed by atoms with E-state index in [9.17, 15) is 0 Å². The fourth-order valence-corrected chi connectivity index (χ4v) is 4.91. The normalized spacial score (nSPS) is 19.8. The van der Waals surface area contributed by atoms with E-state index in [4.69, 9.17) is 0 Å². The lowest BCUT2D eigenvalue weighted by atomic mass is 10.0. The van der Waals surface area contributed by atoms with E-state index in [-0.39, 0.29) is 18.4 Å². The molecule has 0 amide bonds. The zero-order chi connectivity index (χ0) is 19.6. The van der Waals surface area contributed by atoms with E-state index in [0.29, 0.717) is 6.04 Å². The highest BCUT2D eigenvalue weighted by Gasteiger charge is 2.32. The summed E-state index contributed by atoms with van der Waals surface area (Å²) in [4.78, 5) is 9.56. The molecule has 7 nitrogen and oxygen atoms in total. The lowest BCUT2D eigenvalue weighted by Crippen LogP contribution is -2.48. The van der Waals surface area contributed by atoms with Gasteiger partial charge in [-0.05, 0) is 53.6 Å². The number of hydrogen-bond donors (Lipinski definition) is 0. The Morgan fingerprint density at radius 3 is 2.63 bits per heavy atom. The number of tetrazole rings is 1. The van der Waals surface area contributed by atoms with Crippen molar-refractivity contribution < 1.29 is 0 Å². The van der Waals surface area contributed by atoms with E-state index in [1.165, 1.54) is 36.6 Å². The van der Waals surface area contributed by atoms with E-state index in [1.807, 2.05) is 12.3 Å². The summed E-state index contributed by atoms with van der Waals surface area (Å²) in [5, 5.41) is 14.3. The number of piperazine rings is 1. The van der Waals surface area contributed by atoms with Crippen molar-refractivity contribution in [3.05, 3.63) is 47.9 Å². The maximum absolute atomic E-state index is 4.56. The molecule has 1 aromatic carbocycles. The predicted octanol–water partition coefficient (Wildman–Crippen LogP) is 3.49. The number of benzene rings is 1. The average molecular weight is 428 g/mol. The Hall–Kier alpha value is -2.09. The van der Waals surface area contributed by atoms with E-state index >= 15 is 0 Å². The third kappa shape index (κ3) is 4.06. The molecular weight excluding hydrogens is 398 g/mol. The van der Waals surface area contributed by atoms with Gasteiger partial charge in [0.05, 0.1) is 17.6 Å². The quantitative estimate of drug-likeness (QED) is 0.621. The van der Waals surface area contributed by atoms with Gasteiger partial charge in [-0.3, -0.25) is 9.88 Å². The number of pyridine rings is 1. The lowest BCUT2D eigenvalue weighted by Gasteiger charge is -2.38. The molecule has 0 spiro atoms. The number of hydrogen-bond acceptors (Lipinski definition) is 6. The Morgan fingerprint density at radius 2 is 1.87 bits per heavy atom.